The summed E-state index contributed by atoms with van der Waals surface area (Å²) in [6, 6.07) is 7.03. The molecule has 1 aliphatic heterocycles. The molecule has 0 spiro atoms. The van der Waals surface area contributed by atoms with E-state index in [1.165, 1.54) is 13.3 Å². The minimum atomic E-state index is -0.258. The van der Waals surface area contributed by atoms with Gasteiger partial charge in [0.1, 0.15) is 5.82 Å². The van der Waals surface area contributed by atoms with Gasteiger partial charge in [0.05, 0.1) is 37.8 Å². The maximum absolute atomic E-state index is 12.1. The highest BCUT2D eigenvalue weighted by molar-refractivity contribution is 6.03. The van der Waals surface area contributed by atoms with Gasteiger partial charge in [0.15, 0.2) is 0 Å². The third-order valence-electron chi connectivity index (χ3n) is 3.57. The third kappa shape index (κ3) is 3.75. The first-order valence-corrected chi connectivity index (χ1v) is 7.36. The van der Waals surface area contributed by atoms with Crippen molar-refractivity contribution in [3.63, 3.8) is 0 Å². The van der Waals surface area contributed by atoms with Crippen LogP contribution in [0.1, 0.15) is 10.4 Å². The van der Waals surface area contributed by atoms with E-state index in [4.69, 9.17) is 9.47 Å². The number of carbonyl (C=O) groups is 1. The SMILES string of the molecule is COc1ccc(C(=O)Nc2ccc(N3CCOCC3)cn2)cn1. The number of ether oxygens (including phenoxy) is 2. The molecule has 7 nitrogen and oxygen atoms in total. The molecule has 0 bridgehead atoms. The first-order valence-electron chi connectivity index (χ1n) is 7.36. The summed E-state index contributed by atoms with van der Waals surface area (Å²) in [5.74, 6) is 0.712. The Kier molecular flexibility index (Phi) is 4.68. The fourth-order valence-electron chi connectivity index (χ4n) is 2.29. The van der Waals surface area contributed by atoms with Crippen LogP contribution in [0.25, 0.3) is 0 Å². The standard InChI is InChI=1S/C16H18N4O3/c1-22-15-5-2-12(10-18-15)16(21)19-14-4-3-13(11-17-14)20-6-8-23-9-7-20/h2-5,10-11H,6-9H2,1H3,(H,17,19,21). The average molecular weight is 314 g/mol. The quantitative estimate of drug-likeness (QED) is 0.923. The number of rotatable bonds is 4. The molecule has 7 heteroatoms. The molecule has 23 heavy (non-hydrogen) atoms. The lowest BCUT2D eigenvalue weighted by atomic mass is 10.2. The number of nitrogens with one attached hydrogen (secondary N) is 1. The zero-order valence-corrected chi connectivity index (χ0v) is 12.9. The van der Waals surface area contributed by atoms with E-state index in [9.17, 15) is 4.79 Å². The summed E-state index contributed by atoms with van der Waals surface area (Å²) in [7, 11) is 1.53. The molecule has 0 radical (unpaired) electrons. The first kappa shape index (κ1) is 15.2. The molecule has 1 aliphatic rings. The van der Waals surface area contributed by atoms with Crippen LogP contribution in [0.4, 0.5) is 11.5 Å². The molecule has 2 aromatic heterocycles. The second-order valence-electron chi connectivity index (χ2n) is 5.04. The number of hydrogen-bond donors (Lipinski definition) is 1. The van der Waals surface area contributed by atoms with Crippen LogP contribution >= 0.6 is 0 Å². The van der Waals surface area contributed by atoms with Crippen molar-refractivity contribution in [2.45, 2.75) is 0 Å². The molecular weight excluding hydrogens is 296 g/mol. The van der Waals surface area contributed by atoms with Crippen LogP contribution in [0.2, 0.25) is 0 Å². The molecule has 0 saturated carbocycles. The van der Waals surface area contributed by atoms with E-state index in [1.807, 2.05) is 6.07 Å². The molecule has 1 fully saturated rings. The van der Waals surface area contributed by atoms with Crippen LogP contribution in [0.5, 0.6) is 5.88 Å². The number of anilines is 2. The number of aromatic nitrogens is 2. The minimum absolute atomic E-state index is 0.258. The minimum Gasteiger partial charge on any atom is -0.481 e. The van der Waals surface area contributed by atoms with E-state index in [0.717, 1.165) is 32.0 Å². The van der Waals surface area contributed by atoms with E-state index in [-0.39, 0.29) is 5.91 Å². The van der Waals surface area contributed by atoms with Crippen molar-refractivity contribution in [2.24, 2.45) is 0 Å². The molecule has 1 saturated heterocycles. The lowest BCUT2D eigenvalue weighted by molar-refractivity contribution is 0.102. The number of morpholine rings is 1. The Bertz CT molecular complexity index is 652. The second-order valence-corrected chi connectivity index (χ2v) is 5.04. The highest BCUT2D eigenvalue weighted by Gasteiger charge is 2.12. The van der Waals surface area contributed by atoms with Gasteiger partial charge in [-0.15, -0.1) is 0 Å². The Labute approximate surface area is 134 Å². The van der Waals surface area contributed by atoms with Crippen LogP contribution in [-0.2, 0) is 4.74 Å². The van der Waals surface area contributed by atoms with Crippen molar-refractivity contribution in [1.82, 2.24) is 9.97 Å². The number of carbonyl (C=O) groups excluding carboxylic acids is 1. The monoisotopic (exact) mass is 314 g/mol. The van der Waals surface area contributed by atoms with Crippen LogP contribution in [0, 0.1) is 0 Å². The van der Waals surface area contributed by atoms with E-state index in [1.54, 1.807) is 24.4 Å². The highest BCUT2D eigenvalue weighted by atomic mass is 16.5. The van der Waals surface area contributed by atoms with Crippen molar-refractivity contribution in [3.05, 3.63) is 42.2 Å². The predicted molar refractivity (Wildman–Crippen MR) is 86.0 cm³/mol. The summed E-state index contributed by atoms with van der Waals surface area (Å²) in [5.41, 5.74) is 1.47. The molecule has 1 N–H and O–H groups in total. The third-order valence-corrected chi connectivity index (χ3v) is 3.57. The Morgan fingerprint density at radius 1 is 1.17 bits per heavy atom. The van der Waals surface area contributed by atoms with E-state index in [0.29, 0.717) is 17.3 Å². The fraction of sp³-hybridized carbons (Fsp3) is 0.312. The number of methoxy groups -OCH3 is 1. The summed E-state index contributed by atoms with van der Waals surface area (Å²) >= 11 is 0. The normalized spacial score (nSPS) is 14.4. The Morgan fingerprint density at radius 3 is 2.61 bits per heavy atom. The van der Waals surface area contributed by atoms with Gasteiger partial charge < -0.3 is 19.7 Å². The van der Waals surface area contributed by atoms with Crippen molar-refractivity contribution in [2.75, 3.05) is 43.6 Å². The Balaban J connectivity index is 1.63. The summed E-state index contributed by atoms with van der Waals surface area (Å²) in [6.07, 6.45) is 3.23. The average Bonchev–Trinajstić information content (AvgIpc) is 2.63. The van der Waals surface area contributed by atoms with Gasteiger partial charge in [0.25, 0.3) is 5.91 Å². The first-order chi connectivity index (χ1) is 11.3. The molecule has 0 aromatic carbocycles. The lowest BCUT2D eigenvalue weighted by Crippen LogP contribution is -2.36. The molecule has 0 atom stereocenters. The van der Waals surface area contributed by atoms with Gasteiger partial charge in [-0.25, -0.2) is 9.97 Å². The molecule has 120 valence electrons. The van der Waals surface area contributed by atoms with Gasteiger partial charge in [-0.05, 0) is 18.2 Å². The maximum atomic E-state index is 12.1. The molecule has 2 aromatic rings. The smallest absolute Gasteiger partial charge is 0.258 e. The maximum Gasteiger partial charge on any atom is 0.258 e. The summed E-state index contributed by atoms with van der Waals surface area (Å²) < 4.78 is 10.3. The van der Waals surface area contributed by atoms with Gasteiger partial charge in [-0.3, -0.25) is 4.79 Å². The highest BCUT2D eigenvalue weighted by Crippen LogP contribution is 2.17. The number of nitrogens with zero attached hydrogens (tertiary/aromatic N) is 3. The van der Waals surface area contributed by atoms with Crippen LogP contribution < -0.4 is 15.0 Å². The summed E-state index contributed by atoms with van der Waals surface area (Å²) in [4.78, 5) is 22.7. The lowest BCUT2D eigenvalue weighted by Gasteiger charge is -2.28. The number of hydrogen-bond acceptors (Lipinski definition) is 6. The zero-order chi connectivity index (χ0) is 16.1. The second kappa shape index (κ2) is 7.06. The van der Waals surface area contributed by atoms with Gasteiger partial charge in [0, 0.05) is 25.4 Å². The fourth-order valence-corrected chi connectivity index (χ4v) is 2.29. The van der Waals surface area contributed by atoms with Crippen molar-refractivity contribution in [1.29, 1.82) is 0 Å². The number of pyridine rings is 2. The molecule has 0 unspecified atom stereocenters. The topological polar surface area (TPSA) is 76.6 Å². The zero-order valence-electron chi connectivity index (χ0n) is 12.9. The Morgan fingerprint density at radius 2 is 2.00 bits per heavy atom. The molecule has 1 amide bonds. The summed E-state index contributed by atoms with van der Waals surface area (Å²) in [6.45, 7) is 3.15. The van der Waals surface area contributed by atoms with E-state index >= 15 is 0 Å². The largest absolute Gasteiger partial charge is 0.481 e. The molecule has 3 rings (SSSR count). The van der Waals surface area contributed by atoms with Crippen molar-refractivity contribution < 1.29 is 14.3 Å². The number of amides is 1. The molecule has 0 aliphatic carbocycles. The van der Waals surface area contributed by atoms with E-state index in [2.05, 4.69) is 20.2 Å². The van der Waals surface area contributed by atoms with Crippen molar-refractivity contribution >= 4 is 17.4 Å². The van der Waals surface area contributed by atoms with Crippen molar-refractivity contribution in [3.8, 4) is 5.88 Å². The van der Waals surface area contributed by atoms with Gasteiger partial charge in [-0.1, -0.05) is 0 Å². The van der Waals surface area contributed by atoms with Gasteiger partial charge in [-0.2, -0.15) is 0 Å². The van der Waals surface area contributed by atoms with E-state index < -0.39 is 0 Å². The summed E-state index contributed by atoms with van der Waals surface area (Å²) in [5, 5.41) is 2.75. The van der Waals surface area contributed by atoms with Gasteiger partial charge in [0.2, 0.25) is 5.88 Å². The van der Waals surface area contributed by atoms with Crippen LogP contribution in [0.3, 0.4) is 0 Å². The van der Waals surface area contributed by atoms with Crippen LogP contribution in [0.15, 0.2) is 36.7 Å². The molecular formula is C16H18N4O3. The van der Waals surface area contributed by atoms with Crippen LogP contribution in [-0.4, -0.2) is 49.3 Å². The van der Waals surface area contributed by atoms with Gasteiger partial charge >= 0.3 is 0 Å². The Hall–Kier alpha value is -2.67. The predicted octanol–water partition coefficient (Wildman–Crippen LogP) is 1.57. The molecule has 3 heterocycles.